The lowest BCUT2D eigenvalue weighted by molar-refractivity contribution is -0.140. The van der Waals surface area contributed by atoms with Gasteiger partial charge in [-0.3, -0.25) is 4.79 Å². The Morgan fingerprint density at radius 3 is 2.23 bits per heavy atom. The maximum atomic E-state index is 11.2. The van der Waals surface area contributed by atoms with Gasteiger partial charge in [0, 0.05) is 28.9 Å². The average molecular weight is 202 g/mol. The van der Waals surface area contributed by atoms with E-state index < -0.39 is 15.3 Å². The van der Waals surface area contributed by atoms with Crippen molar-refractivity contribution < 1.29 is 13.2 Å². The summed E-state index contributed by atoms with van der Waals surface area (Å²) < 4.78 is 22.3. The molecule has 0 amide bonds. The fourth-order valence-corrected chi connectivity index (χ4v) is 2.44. The molecule has 0 radical (unpaired) electrons. The van der Waals surface area contributed by atoms with Crippen LogP contribution in [0.2, 0.25) is 0 Å². The summed E-state index contributed by atoms with van der Waals surface area (Å²) in [4.78, 5) is 11.3. The highest BCUT2D eigenvalue weighted by Gasteiger charge is 2.50. The molecule has 1 saturated carbocycles. The van der Waals surface area contributed by atoms with Crippen molar-refractivity contribution in [1.82, 2.24) is 0 Å². The lowest BCUT2D eigenvalue weighted by Crippen LogP contribution is -2.47. The molecule has 4 heteroatoms. The summed E-state index contributed by atoms with van der Waals surface area (Å²) in [7, 11) is -3.20. The van der Waals surface area contributed by atoms with Gasteiger partial charge < -0.3 is 0 Å². The first kappa shape index (κ1) is 10.4. The van der Waals surface area contributed by atoms with E-state index in [1.54, 1.807) is 13.8 Å². The number of ketones is 1. The van der Waals surface area contributed by atoms with Crippen molar-refractivity contribution in [3.63, 3.8) is 0 Å². The molecule has 0 N–H and O–H groups in total. The molecule has 1 atom stereocenters. The van der Waals surface area contributed by atoms with Crippen LogP contribution in [-0.4, -0.2) is 20.5 Å². The van der Waals surface area contributed by atoms with Gasteiger partial charge in [0.2, 0.25) is 0 Å². The van der Waals surface area contributed by atoms with Crippen LogP contribution in [-0.2, 0) is 14.6 Å². The molecule has 0 aliphatic heterocycles. The van der Waals surface area contributed by atoms with Gasteiger partial charge in [-0.25, -0.2) is 8.42 Å². The number of rotatable bonds is 2. The number of sulfone groups is 1. The fraction of sp³-hybridized carbons (Fsp3) is 0.667. The third-order valence-electron chi connectivity index (χ3n) is 2.84. The highest BCUT2D eigenvalue weighted by molar-refractivity contribution is 7.94. The van der Waals surface area contributed by atoms with Gasteiger partial charge in [-0.2, -0.15) is 0 Å². The Balaban J connectivity index is 2.91. The van der Waals surface area contributed by atoms with Crippen molar-refractivity contribution in [1.29, 1.82) is 0 Å². The Morgan fingerprint density at radius 2 is 2.00 bits per heavy atom. The van der Waals surface area contributed by atoms with E-state index in [0.29, 0.717) is 6.42 Å². The van der Waals surface area contributed by atoms with Crippen LogP contribution < -0.4 is 0 Å². The van der Waals surface area contributed by atoms with E-state index >= 15 is 0 Å². The number of Topliss-reactive ketones (excluding diaryl/α,β-unsaturated/α-hetero) is 1. The lowest BCUT2D eigenvalue weighted by Gasteiger charge is -2.42. The minimum absolute atomic E-state index is 0.113. The molecular formula is C9H14O3S. The van der Waals surface area contributed by atoms with Crippen LogP contribution in [0.15, 0.2) is 11.5 Å². The Morgan fingerprint density at radius 1 is 1.54 bits per heavy atom. The molecular weight excluding hydrogens is 188 g/mol. The summed E-state index contributed by atoms with van der Waals surface area (Å²) in [6.07, 6.45) is 1.45. The minimum Gasteiger partial charge on any atom is -0.299 e. The second-order valence-electron chi connectivity index (χ2n) is 4.14. The molecule has 1 fully saturated rings. The molecule has 1 unspecified atom stereocenters. The van der Waals surface area contributed by atoms with E-state index in [9.17, 15) is 13.2 Å². The van der Waals surface area contributed by atoms with Crippen LogP contribution in [0.25, 0.3) is 0 Å². The van der Waals surface area contributed by atoms with Gasteiger partial charge >= 0.3 is 0 Å². The zero-order chi connectivity index (χ0) is 10.4. The minimum atomic E-state index is -3.20. The van der Waals surface area contributed by atoms with Gasteiger partial charge in [0.05, 0.1) is 0 Å². The zero-order valence-corrected chi connectivity index (χ0v) is 8.94. The third-order valence-corrected chi connectivity index (χ3v) is 4.08. The largest absolute Gasteiger partial charge is 0.299 e. The molecule has 0 spiro atoms. The Kier molecular flexibility index (Phi) is 2.15. The van der Waals surface area contributed by atoms with Crippen LogP contribution in [0.4, 0.5) is 0 Å². The Labute approximate surface area is 78.8 Å². The first-order chi connectivity index (χ1) is 5.67. The van der Waals surface area contributed by atoms with E-state index in [2.05, 4.69) is 6.58 Å². The number of carbonyl (C=O) groups excluding carboxylic acids is 1. The van der Waals surface area contributed by atoms with E-state index in [1.165, 1.54) is 0 Å². The predicted molar refractivity (Wildman–Crippen MR) is 50.9 cm³/mol. The first-order valence-electron chi connectivity index (χ1n) is 4.09. The summed E-state index contributed by atoms with van der Waals surface area (Å²) >= 11 is 0. The SMILES string of the molecule is C=C(C1CC(=O)C1(C)C)S(C)(=O)=O. The molecule has 1 aliphatic carbocycles. The summed E-state index contributed by atoms with van der Waals surface area (Å²) in [6, 6.07) is 0. The van der Waals surface area contributed by atoms with Crippen LogP contribution >= 0.6 is 0 Å². The van der Waals surface area contributed by atoms with Gasteiger partial charge in [-0.1, -0.05) is 20.4 Å². The normalized spacial score (nSPS) is 26.7. The summed E-state index contributed by atoms with van der Waals surface area (Å²) in [5.41, 5.74) is -0.542. The third kappa shape index (κ3) is 1.55. The van der Waals surface area contributed by atoms with Crippen LogP contribution in [0, 0.1) is 11.3 Å². The van der Waals surface area contributed by atoms with E-state index in [-0.39, 0.29) is 16.6 Å². The average Bonchev–Trinajstić information content (AvgIpc) is 1.97. The number of carbonyl (C=O) groups is 1. The number of hydrogen-bond acceptors (Lipinski definition) is 3. The molecule has 0 saturated heterocycles. The number of allylic oxidation sites excluding steroid dienone is 1. The molecule has 13 heavy (non-hydrogen) atoms. The molecule has 1 aliphatic rings. The monoisotopic (exact) mass is 202 g/mol. The first-order valence-corrected chi connectivity index (χ1v) is 5.98. The van der Waals surface area contributed by atoms with E-state index in [1.807, 2.05) is 0 Å². The maximum absolute atomic E-state index is 11.2. The van der Waals surface area contributed by atoms with Gasteiger partial charge in [0.25, 0.3) is 0 Å². The van der Waals surface area contributed by atoms with Crippen molar-refractivity contribution in [2.45, 2.75) is 20.3 Å². The fourth-order valence-electron chi connectivity index (χ4n) is 1.54. The van der Waals surface area contributed by atoms with Crippen LogP contribution in [0.1, 0.15) is 20.3 Å². The topological polar surface area (TPSA) is 51.2 Å². The Hall–Kier alpha value is -0.640. The summed E-state index contributed by atoms with van der Waals surface area (Å²) in [5, 5.41) is 0. The molecule has 0 aromatic heterocycles. The van der Waals surface area contributed by atoms with Crippen molar-refractivity contribution in [3.8, 4) is 0 Å². The Bertz CT molecular complexity index is 362. The van der Waals surface area contributed by atoms with Crippen molar-refractivity contribution in [2.75, 3.05) is 6.26 Å². The number of hydrogen-bond donors (Lipinski definition) is 0. The standard InChI is InChI=1S/C9H14O3S/c1-6(13(4,11)12)7-5-8(10)9(7,2)3/h7H,1,5H2,2-4H3. The molecule has 0 bridgehead atoms. The van der Waals surface area contributed by atoms with Gasteiger partial charge in [0.15, 0.2) is 9.84 Å². The second kappa shape index (κ2) is 2.67. The van der Waals surface area contributed by atoms with Crippen LogP contribution in [0.5, 0.6) is 0 Å². The van der Waals surface area contributed by atoms with Crippen molar-refractivity contribution >= 4 is 15.6 Å². The molecule has 0 heterocycles. The van der Waals surface area contributed by atoms with Gasteiger partial charge in [0.1, 0.15) is 5.78 Å². The summed E-state index contributed by atoms with van der Waals surface area (Å²) in [6.45, 7) is 7.07. The smallest absolute Gasteiger partial charge is 0.171 e. The highest BCUT2D eigenvalue weighted by atomic mass is 32.2. The highest BCUT2D eigenvalue weighted by Crippen LogP contribution is 2.47. The molecule has 3 nitrogen and oxygen atoms in total. The molecule has 0 aromatic rings. The molecule has 1 rings (SSSR count). The van der Waals surface area contributed by atoms with E-state index in [4.69, 9.17) is 0 Å². The quantitative estimate of drug-likeness (QED) is 0.675. The predicted octanol–water partition coefficient (Wildman–Crippen LogP) is 1.16. The second-order valence-corrected chi connectivity index (χ2v) is 6.21. The van der Waals surface area contributed by atoms with E-state index in [0.717, 1.165) is 6.26 Å². The molecule has 0 aromatic carbocycles. The summed E-state index contributed by atoms with van der Waals surface area (Å²) in [5.74, 6) is -0.0858. The maximum Gasteiger partial charge on any atom is 0.171 e. The lowest BCUT2D eigenvalue weighted by atomic mass is 9.61. The van der Waals surface area contributed by atoms with Crippen LogP contribution in [0.3, 0.4) is 0 Å². The van der Waals surface area contributed by atoms with Crippen molar-refractivity contribution in [2.24, 2.45) is 11.3 Å². The van der Waals surface area contributed by atoms with Crippen molar-refractivity contribution in [3.05, 3.63) is 11.5 Å². The zero-order valence-electron chi connectivity index (χ0n) is 8.12. The van der Waals surface area contributed by atoms with Gasteiger partial charge in [-0.15, -0.1) is 0 Å². The molecule has 74 valence electrons. The van der Waals surface area contributed by atoms with Gasteiger partial charge in [-0.05, 0) is 0 Å².